The summed E-state index contributed by atoms with van der Waals surface area (Å²) in [4.78, 5) is 32.3. The molecule has 5 rings (SSSR count). The zero-order chi connectivity index (χ0) is 28.8. The minimum atomic E-state index is -0.785. The number of pyridine rings is 1. The first-order valence-corrected chi connectivity index (χ1v) is 13.6. The number of aromatic nitrogens is 1. The summed E-state index contributed by atoms with van der Waals surface area (Å²) >= 11 is 0. The van der Waals surface area contributed by atoms with Crippen LogP contribution in [-0.4, -0.2) is 33.3 Å². The van der Waals surface area contributed by atoms with Crippen molar-refractivity contribution in [2.24, 2.45) is 0 Å². The highest BCUT2D eigenvalue weighted by Gasteiger charge is 2.46. The molecule has 0 radical (unpaired) electrons. The van der Waals surface area contributed by atoms with Crippen molar-refractivity contribution in [2.45, 2.75) is 39.5 Å². The fourth-order valence-corrected chi connectivity index (χ4v) is 4.88. The molecule has 1 amide bonds. The number of nitrogens with zero attached hydrogens (tertiary/aromatic N) is 2. The lowest BCUT2D eigenvalue weighted by atomic mass is 9.95. The normalized spacial score (nSPS) is 16.1. The van der Waals surface area contributed by atoms with Crippen LogP contribution in [0, 0.1) is 6.92 Å². The number of ketones is 1. The Bertz CT molecular complexity index is 1550. The quantitative estimate of drug-likeness (QED) is 0.141. The zero-order valence-electron chi connectivity index (χ0n) is 23.1. The average Bonchev–Trinajstić information content (AvgIpc) is 3.24. The van der Waals surface area contributed by atoms with Gasteiger partial charge in [0.2, 0.25) is 0 Å². The molecule has 1 unspecified atom stereocenters. The van der Waals surface area contributed by atoms with Crippen molar-refractivity contribution in [3.63, 3.8) is 0 Å². The van der Waals surface area contributed by atoms with Gasteiger partial charge in [0.05, 0.1) is 18.2 Å². The molecule has 0 saturated carbocycles. The van der Waals surface area contributed by atoms with Crippen molar-refractivity contribution in [1.82, 2.24) is 9.88 Å². The van der Waals surface area contributed by atoms with Crippen LogP contribution >= 0.6 is 0 Å². The molecule has 4 aromatic rings. The summed E-state index contributed by atoms with van der Waals surface area (Å²) in [6.07, 6.45) is 4.19. The van der Waals surface area contributed by atoms with Crippen molar-refractivity contribution in [1.29, 1.82) is 0 Å². The van der Waals surface area contributed by atoms with Gasteiger partial charge in [-0.2, -0.15) is 0 Å². The number of hydrogen-bond donors (Lipinski definition) is 1. The minimum Gasteiger partial charge on any atom is -0.507 e. The molecule has 41 heavy (non-hydrogen) atoms. The van der Waals surface area contributed by atoms with E-state index in [0.717, 1.165) is 23.1 Å². The summed E-state index contributed by atoms with van der Waals surface area (Å²) in [6.45, 7) is 5.22. The number of carbonyl (C=O) groups excluding carboxylic acids is 2. The summed E-state index contributed by atoms with van der Waals surface area (Å²) in [5.74, 6) is -0.328. The average molecular weight is 549 g/mol. The van der Waals surface area contributed by atoms with Gasteiger partial charge in [-0.3, -0.25) is 14.6 Å². The summed E-state index contributed by atoms with van der Waals surface area (Å²) in [7, 11) is 0. The van der Waals surface area contributed by atoms with Gasteiger partial charge >= 0.3 is 0 Å². The molecule has 0 bridgehead atoms. The van der Waals surface area contributed by atoms with Gasteiger partial charge in [0, 0.05) is 24.5 Å². The number of carbonyl (C=O) groups is 2. The van der Waals surface area contributed by atoms with Crippen LogP contribution in [0.5, 0.6) is 11.5 Å². The highest BCUT2D eigenvalue weighted by atomic mass is 16.5. The van der Waals surface area contributed by atoms with Crippen molar-refractivity contribution in [2.75, 3.05) is 6.61 Å². The first-order chi connectivity index (χ1) is 19.9. The third-order valence-electron chi connectivity index (χ3n) is 6.90. The fourth-order valence-electron chi connectivity index (χ4n) is 4.88. The van der Waals surface area contributed by atoms with E-state index < -0.39 is 17.7 Å². The smallest absolute Gasteiger partial charge is 0.295 e. The number of ether oxygens (including phenoxy) is 2. The number of Topliss-reactive ketones (excluding diaryl/α,β-unsaturated/α-hetero) is 1. The number of benzene rings is 3. The number of aliphatic hydroxyl groups is 1. The summed E-state index contributed by atoms with van der Waals surface area (Å²) in [5.41, 5.74) is 4.13. The Labute approximate surface area is 239 Å². The molecule has 0 aliphatic carbocycles. The highest BCUT2D eigenvalue weighted by molar-refractivity contribution is 6.46. The topological polar surface area (TPSA) is 89.0 Å². The monoisotopic (exact) mass is 548 g/mol. The molecule has 1 aliphatic heterocycles. The first kappa shape index (κ1) is 27.6. The van der Waals surface area contributed by atoms with E-state index in [-0.39, 0.29) is 17.9 Å². The number of hydrogen-bond acceptors (Lipinski definition) is 6. The Kier molecular flexibility index (Phi) is 8.44. The Morgan fingerprint density at radius 3 is 2.29 bits per heavy atom. The number of aliphatic hydroxyl groups excluding tert-OH is 1. The Morgan fingerprint density at radius 1 is 0.902 bits per heavy atom. The van der Waals surface area contributed by atoms with Crippen LogP contribution in [0.4, 0.5) is 0 Å². The molecule has 208 valence electrons. The standard InChI is InChI=1S/C34H32N2O5/c1-3-18-40-28-13-9-26(10-14-28)31-30(33(38)34(39)36(31)21-25-8-5-17-35-20-25)32(37)27-11-15-29(16-12-27)41-22-24-7-4-6-23(2)19-24/h4-17,19-20,31,37H,3,18,21-22H2,1-2H3. The number of aryl methyl sites for hydroxylation is 1. The second kappa shape index (κ2) is 12.5. The molecule has 1 aliphatic rings. The van der Waals surface area contributed by atoms with Gasteiger partial charge < -0.3 is 19.5 Å². The van der Waals surface area contributed by atoms with Gasteiger partial charge in [0.1, 0.15) is 23.9 Å². The lowest BCUT2D eigenvalue weighted by Crippen LogP contribution is -2.29. The fraction of sp³-hybridized carbons (Fsp3) is 0.206. The van der Waals surface area contributed by atoms with Crippen LogP contribution in [-0.2, 0) is 22.7 Å². The van der Waals surface area contributed by atoms with Gasteiger partial charge in [0.15, 0.2) is 0 Å². The molecule has 1 saturated heterocycles. The molecule has 3 aromatic carbocycles. The van der Waals surface area contributed by atoms with E-state index in [2.05, 4.69) is 11.1 Å². The number of likely N-dealkylation sites (tertiary alicyclic amines) is 1. The second-order valence-electron chi connectivity index (χ2n) is 10.0. The van der Waals surface area contributed by atoms with Crippen molar-refractivity contribution < 1.29 is 24.2 Å². The summed E-state index contributed by atoms with van der Waals surface area (Å²) in [5, 5.41) is 11.4. The molecular weight excluding hydrogens is 516 g/mol. The van der Waals surface area contributed by atoms with E-state index >= 15 is 0 Å². The lowest BCUT2D eigenvalue weighted by Gasteiger charge is -2.25. The van der Waals surface area contributed by atoms with Crippen LogP contribution in [0.15, 0.2) is 103 Å². The molecule has 1 fully saturated rings. The van der Waals surface area contributed by atoms with Crippen molar-refractivity contribution in [3.8, 4) is 11.5 Å². The van der Waals surface area contributed by atoms with Crippen LogP contribution in [0.1, 0.15) is 47.2 Å². The molecule has 1 N–H and O–H groups in total. The van der Waals surface area contributed by atoms with E-state index in [0.29, 0.717) is 35.8 Å². The van der Waals surface area contributed by atoms with Gasteiger partial charge in [0.25, 0.3) is 11.7 Å². The third-order valence-corrected chi connectivity index (χ3v) is 6.90. The zero-order valence-corrected chi connectivity index (χ0v) is 23.1. The van der Waals surface area contributed by atoms with Gasteiger partial charge in [-0.05, 0) is 72.5 Å². The van der Waals surface area contributed by atoms with Crippen LogP contribution in [0.25, 0.3) is 5.76 Å². The summed E-state index contributed by atoms with van der Waals surface area (Å²) < 4.78 is 11.6. The molecule has 2 heterocycles. The van der Waals surface area contributed by atoms with Gasteiger partial charge in [-0.15, -0.1) is 0 Å². The van der Waals surface area contributed by atoms with E-state index in [1.807, 2.05) is 62.4 Å². The lowest BCUT2D eigenvalue weighted by molar-refractivity contribution is -0.140. The van der Waals surface area contributed by atoms with E-state index in [4.69, 9.17) is 9.47 Å². The molecular formula is C34H32N2O5. The van der Waals surface area contributed by atoms with E-state index in [1.54, 1.807) is 42.7 Å². The molecule has 7 heteroatoms. The van der Waals surface area contributed by atoms with Crippen LogP contribution in [0.2, 0.25) is 0 Å². The van der Waals surface area contributed by atoms with E-state index in [9.17, 15) is 14.7 Å². The largest absolute Gasteiger partial charge is 0.507 e. The first-order valence-electron chi connectivity index (χ1n) is 13.6. The van der Waals surface area contributed by atoms with Crippen LogP contribution < -0.4 is 9.47 Å². The van der Waals surface area contributed by atoms with Crippen molar-refractivity contribution >= 4 is 17.4 Å². The molecule has 1 atom stereocenters. The Balaban J connectivity index is 1.46. The number of rotatable bonds is 10. The Hall–Kier alpha value is -4.91. The van der Waals surface area contributed by atoms with Crippen LogP contribution in [0.3, 0.4) is 0 Å². The molecule has 1 aromatic heterocycles. The maximum absolute atomic E-state index is 13.4. The number of amides is 1. The van der Waals surface area contributed by atoms with E-state index in [1.165, 1.54) is 4.90 Å². The second-order valence-corrected chi connectivity index (χ2v) is 10.0. The van der Waals surface area contributed by atoms with Gasteiger partial charge in [-0.25, -0.2) is 0 Å². The maximum atomic E-state index is 13.4. The molecule has 7 nitrogen and oxygen atoms in total. The highest BCUT2D eigenvalue weighted by Crippen LogP contribution is 2.40. The third kappa shape index (κ3) is 6.30. The minimum absolute atomic E-state index is 0.0366. The summed E-state index contributed by atoms with van der Waals surface area (Å²) in [6, 6.07) is 25.1. The predicted octanol–water partition coefficient (Wildman–Crippen LogP) is 6.38. The predicted molar refractivity (Wildman–Crippen MR) is 156 cm³/mol. The van der Waals surface area contributed by atoms with Gasteiger partial charge in [-0.1, -0.05) is 55.0 Å². The Morgan fingerprint density at radius 2 is 1.61 bits per heavy atom. The maximum Gasteiger partial charge on any atom is 0.295 e. The van der Waals surface area contributed by atoms with Crippen molar-refractivity contribution in [3.05, 3.63) is 131 Å². The molecule has 0 spiro atoms. The SMILES string of the molecule is CCCOc1ccc(C2C(=C(O)c3ccc(OCc4cccc(C)c4)cc3)C(=O)C(=O)N2Cc2cccnc2)cc1.